The Bertz CT molecular complexity index is 247. The Morgan fingerprint density at radius 3 is 2.50 bits per heavy atom. The molecule has 1 atom stereocenters. The van der Waals surface area contributed by atoms with Crippen molar-refractivity contribution in [3.8, 4) is 0 Å². The molecule has 0 saturated carbocycles. The van der Waals surface area contributed by atoms with E-state index in [1.54, 1.807) is 11.3 Å². The van der Waals surface area contributed by atoms with Gasteiger partial charge in [0.05, 0.1) is 0 Å². The highest BCUT2D eigenvalue weighted by atomic mass is 79.9. The monoisotopic (exact) mass is 248 g/mol. The summed E-state index contributed by atoms with van der Waals surface area (Å²) in [6, 6.07) is 0. The van der Waals surface area contributed by atoms with Crippen molar-refractivity contribution < 1.29 is 0 Å². The molecule has 1 heterocycles. The lowest BCUT2D eigenvalue weighted by atomic mass is 10.1. The molecule has 12 heavy (non-hydrogen) atoms. The Kier molecular flexibility index (Phi) is 3.65. The van der Waals surface area contributed by atoms with Gasteiger partial charge in [0.15, 0.2) is 0 Å². The predicted molar refractivity (Wildman–Crippen MR) is 55.9 cm³/mol. The zero-order chi connectivity index (χ0) is 9.14. The van der Waals surface area contributed by atoms with E-state index in [9.17, 15) is 0 Å². The predicted octanol–water partition coefficient (Wildman–Crippen LogP) is 2.81. The molecule has 0 aromatic carbocycles. The minimum atomic E-state index is 0.518. The molecule has 2 nitrogen and oxygen atoms in total. The lowest BCUT2D eigenvalue weighted by molar-refractivity contribution is 0.610. The van der Waals surface area contributed by atoms with Crippen LogP contribution in [-0.2, 0) is 6.42 Å². The molecule has 1 rings (SSSR count). The Hall–Kier alpha value is 0.0400. The molecule has 0 bridgehead atoms. The number of aromatic nitrogens is 2. The van der Waals surface area contributed by atoms with Gasteiger partial charge in [0.2, 0.25) is 0 Å². The fraction of sp³-hybridized carbons (Fsp3) is 0.750. The van der Waals surface area contributed by atoms with Crippen LogP contribution in [0.4, 0.5) is 0 Å². The molecule has 0 fully saturated rings. The molecule has 0 aliphatic carbocycles. The van der Waals surface area contributed by atoms with Crippen molar-refractivity contribution in [3.63, 3.8) is 0 Å². The van der Waals surface area contributed by atoms with Crippen LogP contribution < -0.4 is 0 Å². The maximum atomic E-state index is 4.08. The molecule has 0 saturated heterocycles. The molecule has 0 aliphatic heterocycles. The van der Waals surface area contributed by atoms with Crippen LogP contribution in [0.2, 0.25) is 0 Å². The lowest BCUT2D eigenvalue weighted by Crippen LogP contribution is -2.10. The average molecular weight is 249 g/mol. The summed E-state index contributed by atoms with van der Waals surface area (Å²) in [5.41, 5.74) is 0. The van der Waals surface area contributed by atoms with E-state index in [0.717, 1.165) is 16.4 Å². The van der Waals surface area contributed by atoms with Crippen molar-refractivity contribution in [2.75, 3.05) is 0 Å². The SMILES string of the molecule is Cc1nnc(CC(Br)C(C)C)s1. The highest BCUT2D eigenvalue weighted by Gasteiger charge is 2.12. The summed E-state index contributed by atoms with van der Waals surface area (Å²) in [5, 5.41) is 10.2. The zero-order valence-corrected chi connectivity index (χ0v) is 9.94. The number of rotatable bonds is 3. The van der Waals surface area contributed by atoms with Gasteiger partial charge < -0.3 is 0 Å². The Labute approximate surface area is 85.5 Å². The van der Waals surface area contributed by atoms with E-state index >= 15 is 0 Å². The number of alkyl halides is 1. The van der Waals surface area contributed by atoms with Crippen LogP contribution in [0.25, 0.3) is 0 Å². The molecule has 0 amide bonds. The largest absolute Gasteiger partial charge is 0.144 e. The minimum Gasteiger partial charge on any atom is -0.144 e. The van der Waals surface area contributed by atoms with Gasteiger partial charge in [0.25, 0.3) is 0 Å². The third-order valence-electron chi connectivity index (χ3n) is 1.66. The van der Waals surface area contributed by atoms with Crippen LogP contribution in [-0.4, -0.2) is 15.0 Å². The molecule has 68 valence electrons. The molecule has 4 heteroatoms. The number of hydrogen-bond donors (Lipinski definition) is 0. The van der Waals surface area contributed by atoms with Crippen molar-refractivity contribution in [2.45, 2.75) is 32.0 Å². The van der Waals surface area contributed by atoms with E-state index in [-0.39, 0.29) is 0 Å². The van der Waals surface area contributed by atoms with E-state index in [1.165, 1.54) is 0 Å². The van der Waals surface area contributed by atoms with Crippen molar-refractivity contribution in [2.24, 2.45) is 5.92 Å². The normalized spacial score (nSPS) is 13.8. The van der Waals surface area contributed by atoms with Gasteiger partial charge in [0, 0.05) is 11.2 Å². The fourth-order valence-corrected chi connectivity index (χ4v) is 2.11. The second-order valence-corrected chi connectivity index (χ2v) is 5.62. The zero-order valence-electron chi connectivity index (χ0n) is 7.54. The van der Waals surface area contributed by atoms with E-state index in [0.29, 0.717) is 10.7 Å². The maximum Gasteiger partial charge on any atom is 0.118 e. The van der Waals surface area contributed by atoms with Gasteiger partial charge in [0.1, 0.15) is 10.0 Å². The molecule has 0 aliphatic rings. The van der Waals surface area contributed by atoms with Crippen LogP contribution in [0.3, 0.4) is 0 Å². The first-order chi connectivity index (χ1) is 5.59. The van der Waals surface area contributed by atoms with E-state index in [4.69, 9.17) is 0 Å². The van der Waals surface area contributed by atoms with Crippen LogP contribution in [0, 0.1) is 12.8 Å². The van der Waals surface area contributed by atoms with E-state index < -0.39 is 0 Å². The summed E-state index contributed by atoms with van der Waals surface area (Å²) in [6.45, 7) is 6.39. The number of nitrogens with zero attached hydrogens (tertiary/aromatic N) is 2. The quantitative estimate of drug-likeness (QED) is 0.770. The highest BCUT2D eigenvalue weighted by Crippen LogP contribution is 2.19. The topological polar surface area (TPSA) is 25.8 Å². The fourth-order valence-electron chi connectivity index (χ4n) is 0.823. The van der Waals surface area contributed by atoms with Gasteiger partial charge in [-0.1, -0.05) is 29.8 Å². The first kappa shape index (κ1) is 10.1. The van der Waals surface area contributed by atoms with Crippen LogP contribution in [0.15, 0.2) is 0 Å². The molecule has 0 spiro atoms. The standard InChI is InChI=1S/C8H13BrN2S/c1-5(2)7(9)4-8-11-10-6(3)12-8/h5,7H,4H2,1-3H3. The first-order valence-electron chi connectivity index (χ1n) is 4.02. The van der Waals surface area contributed by atoms with Gasteiger partial charge in [-0.15, -0.1) is 21.5 Å². The molecule has 0 radical (unpaired) electrons. The molecule has 1 aromatic rings. The number of hydrogen-bond acceptors (Lipinski definition) is 3. The molecule has 0 N–H and O–H groups in total. The van der Waals surface area contributed by atoms with Gasteiger partial charge in [-0.3, -0.25) is 0 Å². The molecular formula is C8H13BrN2S. The van der Waals surface area contributed by atoms with E-state index in [2.05, 4.69) is 40.0 Å². The summed E-state index contributed by atoms with van der Waals surface area (Å²) in [4.78, 5) is 0.518. The summed E-state index contributed by atoms with van der Waals surface area (Å²) in [6.07, 6.45) is 0.989. The Balaban J connectivity index is 2.52. The summed E-state index contributed by atoms with van der Waals surface area (Å²) < 4.78 is 0. The third kappa shape index (κ3) is 2.83. The molecule has 1 unspecified atom stereocenters. The van der Waals surface area contributed by atoms with Crippen molar-refractivity contribution >= 4 is 27.3 Å². The smallest absolute Gasteiger partial charge is 0.118 e. The van der Waals surface area contributed by atoms with Crippen LogP contribution >= 0.6 is 27.3 Å². The number of aryl methyl sites for hydroxylation is 1. The van der Waals surface area contributed by atoms with Gasteiger partial charge in [-0.05, 0) is 12.8 Å². The second-order valence-electron chi connectivity index (χ2n) is 3.18. The van der Waals surface area contributed by atoms with Gasteiger partial charge in [-0.2, -0.15) is 0 Å². The maximum absolute atomic E-state index is 4.08. The molecule has 1 aromatic heterocycles. The number of halogens is 1. The van der Waals surface area contributed by atoms with Gasteiger partial charge in [-0.25, -0.2) is 0 Å². The second kappa shape index (κ2) is 4.33. The first-order valence-corrected chi connectivity index (χ1v) is 5.76. The summed E-state index contributed by atoms with van der Waals surface area (Å²) in [7, 11) is 0. The highest BCUT2D eigenvalue weighted by molar-refractivity contribution is 9.09. The Morgan fingerprint density at radius 1 is 1.42 bits per heavy atom. The lowest BCUT2D eigenvalue weighted by Gasteiger charge is -2.10. The Morgan fingerprint density at radius 2 is 2.08 bits per heavy atom. The van der Waals surface area contributed by atoms with E-state index in [1.807, 2.05) is 6.92 Å². The van der Waals surface area contributed by atoms with Crippen LogP contribution in [0.5, 0.6) is 0 Å². The van der Waals surface area contributed by atoms with Crippen molar-refractivity contribution in [1.29, 1.82) is 0 Å². The molecular weight excluding hydrogens is 236 g/mol. The van der Waals surface area contributed by atoms with Crippen molar-refractivity contribution in [3.05, 3.63) is 10.0 Å². The van der Waals surface area contributed by atoms with Crippen molar-refractivity contribution in [1.82, 2.24) is 10.2 Å². The third-order valence-corrected chi connectivity index (χ3v) is 3.90. The van der Waals surface area contributed by atoms with Crippen LogP contribution in [0.1, 0.15) is 23.9 Å². The average Bonchev–Trinajstić information content (AvgIpc) is 2.35. The minimum absolute atomic E-state index is 0.518. The summed E-state index contributed by atoms with van der Waals surface area (Å²) in [5.74, 6) is 0.647. The van der Waals surface area contributed by atoms with Gasteiger partial charge >= 0.3 is 0 Å². The summed E-state index contributed by atoms with van der Waals surface area (Å²) >= 11 is 5.31.